The van der Waals surface area contributed by atoms with Crippen molar-refractivity contribution in [1.82, 2.24) is 10.6 Å². The molecule has 0 bridgehead atoms. The lowest BCUT2D eigenvalue weighted by Crippen LogP contribution is -2.58. The molecule has 2 aromatic rings. The zero-order valence-corrected chi connectivity index (χ0v) is 21.6. The van der Waals surface area contributed by atoms with Crippen LogP contribution in [0.1, 0.15) is 56.7 Å². The fraction of sp³-hybridized carbons (Fsp3) is 0.448. The molecule has 0 radical (unpaired) electrons. The summed E-state index contributed by atoms with van der Waals surface area (Å²) in [6, 6.07) is 15.3. The van der Waals surface area contributed by atoms with Gasteiger partial charge in [-0.15, -0.1) is 0 Å². The van der Waals surface area contributed by atoms with Crippen LogP contribution in [0, 0.1) is 6.92 Å². The molecule has 7 nitrogen and oxygen atoms in total. The Kier molecular flexibility index (Phi) is 10.1. The van der Waals surface area contributed by atoms with Crippen molar-refractivity contribution in [1.29, 1.82) is 0 Å². The number of nitrogens with one attached hydrogen (secondary N) is 2. The predicted molar refractivity (Wildman–Crippen MR) is 140 cm³/mol. The van der Waals surface area contributed by atoms with Gasteiger partial charge in [0.15, 0.2) is 0 Å². The molecule has 0 aliphatic heterocycles. The van der Waals surface area contributed by atoms with Crippen molar-refractivity contribution in [2.45, 2.75) is 84.4 Å². The van der Waals surface area contributed by atoms with Crippen LogP contribution in [0.3, 0.4) is 0 Å². The topological polar surface area (TPSA) is 96.9 Å². The summed E-state index contributed by atoms with van der Waals surface area (Å²) in [6.45, 7) is 8.64. The van der Waals surface area contributed by atoms with Crippen LogP contribution >= 0.6 is 0 Å². The van der Waals surface area contributed by atoms with Crippen molar-refractivity contribution in [3.63, 3.8) is 0 Å². The first-order valence-corrected chi connectivity index (χ1v) is 12.7. The van der Waals surface area contributed by atoms with Crippen LogP contribution in [0.25, 0.3) is 0 Å². The van der Waals surface area contributed by atoms with Gasteiger partial charge in [0.1, 0.15) is 12.4 Å². The van der Waals surface area contributed by atoms with Crippen molar-refractivity contribution in [3.05, 3.63) is 76.9 Å². The summed E-state index contributed by atoms with van der Waals surface area (Å²) >= 11 is 0. The quantitative estimate of drug-likeness (QED) is 0.401. The Bertz CT molecular complexity index is 1050. The summed E-state index contributed by atoms with van der Waals surface area (Å²) in [5, 5.41) is 16.2. The van der Waals surface area contributed by atoms with Crippen LogP contribution in [0.2, 0.25) is 0 Å². The number of carbonyl (C=O) groups excluding carboxylic acids is 1. The van der Waals surface area contributed by atoms with Crippen molar-refractivity contribution >= 4 is 11.9 Å². The molecular weight excluding hydrogens is 456 g/mol. The van der Waals surface area contributed by atoms with Gasteiger partial charge in [0, 0.05) is 25.1 Å². The average molecular weight is 495 g/mol. The number of aryl methyl sites for hydroxylation is 1. The van der Waals surface area contributed by atoms with E-state index in [4.69, 9.17) is 9.47 Å². The maximum absolute atomic E-state index is 12.0. The minimum Gasteiger partial charge on any atom is -0.489 e. The summed E-state index contributed by atoms with van der Waals surface area (Å²) < 4.78 is 12.2. The SMILES string of the molecule is CCC(CC)O[C@@H]1C=C(C(=O)O)C[C@H](NCc2ccc(OCc3ccccc3C)cc2)[C@H]1NC(C)=O. The van der Waals surface area contributed by atoms with Gasteiger partial charge >= 0.3 is 5.97 Å². The van der Waals surface area contributed by atoms with Crippen molar-refractivity contribution in [2.24, 2.45) is 0 Å². The third-order valence-corrected chi connectivity index (χ3v) is 6.64. The zero-order chi connectivity index (χ0) is 26.1. The summed E-state index contributed by atoms with van der Waals surface area (Å²) in [5.41, 5.74) is 3.67. The van der Waals surface area contributed by atoms with E-state index >= 15 is 0 Å². The average Bonchev–Trinajstić information content (AvgIpc) is 2.86. The molecule has 1 aliphatic carbocycles. The number of amides is 1. The van der Waals surface area contributed by atoms with Gasteiger partial charge in [-0.3, -0.25) is 4.79 Å². The maximum atomic E-state index is 12.0. The van der Waals surface area contributed by atoms with Crippen LogP contribution in [-0.2, 0) is 27.5 Å². The highest BCUT2D eigenvalue weighted by Gasteiger charge is 2.37. The van der Waals surface area contributed by atoms with Gasteiger partial charge in [0.05, 0.1) is 18.2 Å². The van der Waals surface area contributed by atoms with Crippen molar-refractivity contribution < 1.29 is 24.2 Å². The number of carboxylic acid groups (broad SMARTS) is 1. The second-order valence-electron chi connectivity index (χ2n) is 9.31. The number of carbonyl (C=O) groups is 2. The number of rotatable bonds is 12. The number of ether oxygens (including phenoxy) is 2. The van der Waals surface area contributed by atoms with E-state index in [0.717, 1.165) is 29.7 Å². The number of hydrogen-bond donors (Lipinski definition) is 3. The first-order chi connectivity index (χ1) is 17.3. The first-order valence-electron chi connectivity index (χ1n) is 12.7. The van der Waals surface area contributed by atoms with Crippen molar-refractivity contribution in [2.75, 3.05) is 0 Å². The van der Waals surface area contributed by atoms with Gasteiger partial charge in [0.25, 0.3) is 0 Å². The molecule has 3 atom stereocenters. The second kappa shape index (κ2) is 13.2. The fourth-order valence-corrected chi connectivity index (χ4v) is 4.45. The second-order valence-corrected chi connectivity index (χ2v) is 9.31. The normalized spacial score (nSPS) is 19.6. The molecule has 7 heteroatoms. The van der Waals surface area contributed by atoms with E-state index in [-0.39, 0.29) is 24.1 Å². The van der Waals surface area contributed by atoms with Gasteiger partial charge < -0.3 is 25.2 Å². The summed E-state index contributed by atoms with van der Waals surface area (Å²) in [7, 11) is 0. The summed E-state index contributed by atoms with van der Waals surface area (Å²) in [4.78, 5) is 23.8. The molecule has 0 saturated heterocycles. The van der Waals surface area contributed by atoms with Crippen LogP contribution in [0.15, 0.2) is 60.2 Å². The molecule has 1 amide bonds. The lowest BCUT2D eigenvalue weighted by Gasteiger charge is -2.38. The Morgan fingerprint density at radius 1 is 1.08 bits per heavy atom. The molecule has 3 N–H and O–H groups in total. The summed E-state index contributed by atoms with van der Waals surface area (Å²) in [6.07, 6.45) is 3.04. The van der Waals surface area contributed by atoms with Crippen molar-refractivity contribution in [3.8, 4) is 5.75 Å². The van der Waals surface area contributed by atoms with Crippen LogP contribution in [0.4, 0.5) is 0 Å². The molecule has 0 fully saturated rings. The van der Waals surface area contributed by atoms with Gasteiger partial charge in [-0.05, 0) is 61.1 Å². The Morgan fingerprint density at radius 2 is 1.78 bits per heavy atom. The lowest BCUT2D eigenvalue weighted by molar-refractivity contribution is -0.133. The minimum absolute atomic E-state index is 0.0106. The number of benzene rings is 2. The molecule has 194 valence electrons. The van der Waals surface area contributed by atoms with Crippen LogP contribution in [-0.4, -0.2) is 41.3 Å². The highest BCUT2D eigenvalue weighted by atomic mass is 16.5. The first kappa shape index (κ1) is 27.4. The molecule has 1 aliphatic rings. The highest BCUT2D eigenvalue weighted by Crippen LogP contribution is 2.25. The Morgan fingerprint density at radius 3 is 2.39 bits per heavy atom. The fourth-order valence-electron chi connectivity index (χ4n) is 4.45. The van der Waals surface area contributed by atoms with Crippen LogP contribution < -0.4 is 15.4 Å². The molecule has 0 spiro atoms. The molecule has 0 aromatic heterocycles. The number of carboxylic acids is 1. The molecule has 36 heavy (non-hydrogen) atoms. The predicted octanol–water partition coefficient (Wildman–Crippen LogP) is 4.53. The Labute approximate surface area is 213 Å². The number of aliphatic carboxylic acids is 1. The Hall–Kier alpha value is -3.16. The van der Waals surface area contributed by atoms with E-state index in [0.29, 0.717) is 25.1 Å². The van der Waals surface area contributed by atoms with E-state index in [1.165, 1.54) is 12.5 Å². The van der Waals surface area contributed by atoms with E-state index in [1.807, 2.05) is 50.2 Å². The minimum atomic E-state index is -0.962. The zero-order valence-electron chi connectivity index (χ0n) is 21.6. The van der Waals surface area contributed by atoms with E-state index in [1.54, 1.807) is 6.08 Å². The van der Waals surface area contributed by atoms with Crippen LogP contribution in [0.5, 0.6) is 5.75 Å². The third kappa shape index (κ3) is 7.67. The summed E-state index contributed by atoms with van der Waals surface area (Å²) in [5.74, 6) is -0.353. The molecular formula is C29H38N2O5. The molecule has 0 unspecified atom stereocenters. The molecule has 2 aromatic carbocycles. The largest absolute Gasteiger partial charge is 0.489 e. The van der Waals surface area contributed by atoms with Gasteiger partial charge in [-0.2, -0.15) is 0 Å². The van der Waals surface area contributed by atoms with E-state index in [2.05, 4.69) is 29.7 Å². The maximum Gasteiger partial charge on any atom is 0.331 e. The highest BCUT2D eigenvalue weighted by molar-refractivity contribution is 5.87. The monoisotopic (exact) mass is 494 g/mol. The van der Waals surface area contributed by atoms with Gasteiger partial charge in [-0.1, -0.05) is 50.2 Å². The smallest absolute Gasteiger partial charge is 0.331 e. The lowest BCUT2D eigenvalue weighted by atomic mass is 9.87. The van der Waals surface area contributed by atoms with E-state index < -0.39 is 12.1 Å². The number of hydrogen-bond acceptors (Lipinski definition) is 5. The van der Waals surface area contributed by atoms with E-state index in [9.17, 15) is 14.7 Å². The molecule has 0 saturated carbocycles. The van der Waals surface area contributed by atoms with Gasteiger partial charge in [-0.25, -0.2) is 4.79 Å². The Balaban J connectivity index is 1.67. The third-order valence-electron chi connectivity index (χ3n) is 6.64. The van der Waals surface area contributed by atoms with Gasteiger partial charge in [0.2, 0.25) is 5.91 Å². The molecule has 0 heterocycles. The standard InChI is InChI=1S/C29H38N2O5/c1-5-24(6-2)36-27-16-23(29(33)34)15-26(28(27)31-20(4)32)30-17-21-11-13-25(14-12-21)35-18-22-10-8-7-9-19(22)3/h7-14,16,24,26-28,30H,5-6,15,17-18H2,1-4H3,(H,31,32)(H,33,34)/t26-,27+,28+/m0/s1. The molecule has 3 rings (SSSR count).